The van der Waals surface area contributed by atoms with Crippen LogP contribution < -0.4 is 9.64 Å². The smallest absolute Gasteiger partial charge is 0.208 e. The van der Waals surface area contributed by atoms with E-state index in [1.165, 1.54) is 0 Å². The van der Waals surface area contributed by atoms with Crippen LogP contribution >= 0.6 is 22.9 Å². The molecule has 0 spiro atoms. The number of unbranched alkanes of at least 4 members (excludes halogenated alkanes) is 1. The van der Waals surface area contributed by atoms with Gasteiger partial charge in [0.15, 0.2) is 0 Å². The van der Waals surface area contributed by atoms with E-state index in [2.05, 4.69) is 22.0 Å². The average Bonchev–Trinajstić information content (AvgIpc) is 3.27. The van der Waals surface area contributed by atoms with E-state index >= 15 is 0 Å². The lowest BCUT2D eigenvalue weighted by atomic mass is 10.1. The van der Waals surface area contributed by atoms with Gasteiger partial charge in [-0.2, -0.15) is 0 Å². The molecule has 0 aliphatic rings. The molecule has 3 aromatic rings. The fourth-order valence-corrected chi connectivity index (χ4v) is 4.47. The van der Waals surface area contributed by atoms with Gasteiger partial charge >= 0.3 is 0 Å². The number of halogens is 1. The first-order chi connectivity index (χ1) is 15.4. The molecule has 172 valence electrons. The highest BCUT2D eigenvalue weighted by atomic mass is 35.5. The predicted octanol–water partition coefficient (Wildman–Crippen LogP) is 5.01. The van der Waals surface area contributed by atoms with E-state index in [0.29, 0.717) is 12.3 Å². The van der Waals surface area contributed by atoms with Crippen LogP contribution in [0.3, 0.4) is 0 Å². The van der Waals surface area contributed by atoms with Crippen LogP contribution in [0.15, 0.2) is 36.4 Å². The summed E-state index contributed by atoms with van der Waals surface area (Å²) in [5.74, 6) is 0.717. The number of aromatic nitrogens is 2. The molecule has 0 radical (unpaired) electrons. The molecule has 1 atom stereocenters. The Kier molecular flexibility index (Phi) is 8.87. The zero-order valence-corrected chi connectivity index (χ0v) is 20.3. The summed E-state index contributed by atoms with van der Waals surface area (Å²) in [7, 11) is 0. The molecule has 2 aromatic carbocycles. The van der Waals surface area contributed by atoms with Gasteiger partial charge in [0.2, 0.25) is 5.13 Å². The van der Waals surface area contributed by atoms with Crippen molar-refractivity contribution in [3.05, 3.63) is 58.1 Å². The first kappa shape index (κ1) is 24.5. The van der Waals surface area contributed by atoms with Crippen molar-refractivity contribution < 1.29 is 14.9 Å². The molecule has 1 heterocycles. The Morgan fingerprint density at radius 3 is 2.53 bits per heavy atom. The number of hydrogen-bond acceptors (Lipinski definition) is 7. The molecule has 1 aromatic heterocycles. The molecule has 8 heteroatoms. The minimum atomic E-state index is -0.897. The van der Waals surface area contributed by atoms with Crippen molar-refractivity contribution in [2.75, 3.05) is 24.7 Å². The van der Waals surface area contributed by atoms with E-state index in [4.69, 9.17) is 21.4 Å². The van der Waals surface area contributed by atoms with Gasteiger partial charge in [-0.25, -0.2) is 0 Å². The van der Waals surface area contributed by atoms with Crippen molar-refractivity contribution >= 4 is 28.1 Å². The maximum Gasteiger partial charge on any atom is 0.208 e. The zero-order chi connectivity index (χ0) is 23.1. The van der Waals surface area contributed by atoms with Crippen molar-refractivity contribution in [2.24, 2.45) is 0 Å². The van der Waals surface area contributed by atoms with Crippen LogP contribution in [0.1, 0.15) is 36.5 Å². The van der Waals surface area contributed by atoms with Crippen LogP contribution in [-0.4, -0.2) is 46.3 Å². The molecule has 0 aliphatic carbocycles. The largest absolute Gasteiger partial charge is 0.490 e. The predicted molar refractivity (Wildman–Crippen MR) is 131 cm³/mol. The van der Waals surface area contributed by atoms with Crippen molar-refractivity contribution in [1.82, 2.24) is 10.2 Å². The summed E-state index contributed by atoms with van der Waals surface area (Å²) >= 11 is 7.96. The second-order valence-electron chi connectivity index (χ2n) is 7.84. The van der Waals surface area contributed by atoms with Crippen LogP contribution in [0.2, 0.25) is 5.02 Å². The summed E-state index contributed by atoms with van der Waals surface area (Å²) in [4.78, 5) is 2.24. The Hall–Kier alpha value is -2.19. The maximum absolute atomic E-state index is 9.57. The maximum atomic E-state index is 9.57. The van der Waals surface area contributed by atoms with Crippen molar-refractivity contribution in [2.45, 2.75) is 46.3 Å². The SMILES string of the molecule is CCCCN(Cc1ccccc1Cl)c1nnc(-c2cc(C)c(OCC(O)CO)c(C)c2)s1. The van der Waals surface area contributed by atoms with Crippen LogP contribution in [0, 0.1) is 13.8 Å². The number of aliphatic hydroxyl groups excluding tert-OH is 2. The third-order valence-electron chi connectivity index (χ3n) is 5.12. The first-order valence-electron chi connectivity index (χ1n) is 10.8. The molecule has 2 N–H and O–H groups in total. The fourth-order valence-electron chi connectivity index (χ4n) is 3.42. The van der Waals surface area contributed by atoms with Gasteiger partial charge in [0.25, 0.3) is 0 Å². The third kappa shape index (κ3) is 6.19. The normalized spacial score (nSPS) is 12.1. The number of aliphatic hydroxyl groups is 2. The fraction of sp³-hybridized carbons (Fsp3) is 0.417. The Morgan fingerprint density at radius 1 is 1.16 bits per heavy atom. The number of nitrogens with zero attached hydrogens (tertiary/aromatic N) is 3. The van der Waals surface area contributed by atoms with Crippen molar-refractivity contribution in [1.29, 1.82) is 0 Å². The summed E-state index contributed by atoms with van der Waals surface area (Å²) in [6, 6.07) is 11.9. The molecule has 0 fully saturated rings. The van der Waals surface area contributed by atoms with Crippen molar-refractivity contribution in [3.8, 4) is 16.3 Å². The topological polar surface area (TPSA) is 78.7 Å². The highest BCUT2D eigenvalue weighted by molar-refractivity contribution is 7.18. The summed E-state index contributed by atoms with van der Waals surface area (Å²) in [5.41, 5.74) is 3.94. The molecule has 0 bridgehead atoms. The summed E-state index contributed by atoms with van der Waals surface area (Å²) < 4.78 is 5.71. The highest BCUT2D eigenvalue weighted by Gasteiger charge is 2.17. The number of rotatable bonds is 11. The first-order valence-corrected chi connectivity index (χ1v) is 12.0. The highest BCUT2D eigenvalue weighted by Crippen LogP contribution is 2.34. The van der Waals surface area contributed by atoms with Gasteiger partial charge in [-0.05, 0) is 55.2 Å². The number of benzene rings is 2. The van der Waals surface area contributed by atoms with Gasteiger partial charge in [0.1, 0.15) is 23.5 Å². The standard InChI is InChI=1S/C24H30ClN3O3S/c1-4-5-10-28(13-18-8-6-7-9-21(18)25)24-27-26-23(32-24)19-11-16(2)22(17(3)12-19)31-15-20(30)14-29/h6-9,11-12,20,29-30H,4-5,10,13-15H2,1-3H3. The molecule has 0 saturated heterocycles. The van der Waals surface area contributed by atoms with Crippen LogP contribution in [-0.2, 0) is 6.54 Å². The van der Waals surface area contributed by atoms with Gasteiger partial charge in [0.05, 0.1) is 6.61 Å². The van der Waals surface area contributed by atoms with E-state index in [1.54, 1.807) is 11.3 Å². The second kappa shape index (κ2) is 11.6. The minimum absolute atomic E-state index is 0.0505. The van der Waals surface area contributed by atoms with E-state index < -0.39 is 6.10 Å². The molecule has 6 nitrogen and oxygen atoms in total. The van der Waals surface area contributed by atoms with Gasteiger partial charge in [0, 0.05) is 23.7 Å². The van der Waals surface area contributed by atoms with E-state index in [1.807, 2.05) is 50.2 Å². The molecular formula is C24H30ClN3O3S. The number of anilines is 1. The quantitative estimate of drug-likeness (QED) is 0.405. The second-order valence-corrected chi connectivity index (χ2v) is 9.21. The van der Waals surface area contributed by atoms with Gasteiger partial charge in [-0.1, -0.05) is 54.5 Å². The number of ether oxygens (including phenoxy) is 1. The molecular weight excluding hydrogens is 446 g/mol. The molecule has 32 heavy (non-hydrogen) atoms. The third-order valence-corrected chi connectivity index (χ3v) is 6.53. The van der Waals surface area contributed by atoms with Crippen LogP contribution in [0.4, 0.5) is 5.13 Å². The van der Waals surface area contributed by atoms with Gasteiger partial charge in [-0.3, -0.25) is 0 Å². The van der Waals surface area contributed by atoms with Crippen molar-refractivity contribution in [3.63, 3.8) is 0 Å². The summed E-state index contributed by atoms with van der Waals surface area (Å²) in [5, 5.41) is 30.0. The molecule has 0 amide bonds. The Labute approximate surface area is 198 Å². The monoisotopic (exact) mass is 475 g/mol. The summed E-state index contributed by atoms with van der Waals surface area (Å²) in [6.45, 7) is 7.39. The van der Waals surface area contributed by atoms with Gasteiger partial charge < -0.3 is 19.8 Å². The van der Waals surface area contributed by atoms with E-state index in [0.717, 1.165) is 56.8 Å². The molecule has 3 rings (SSSR count). The summed E-state index contributed by atoms with van der Waals surface area (Å²) in [6.07, 6.45) is 1.25. The lowest BCUT2D eigenvalue weighted by Crippen LogP contribution is -2.23. The molecule has 0 aliphatic heterocycles. The van der Waals surface area contributed by atoms with Gasteiger partial charge in [-0.15, -0.1) is 10.2 Å². The molecule has 0 saturated carbocycles. The lowest BCUT2D eigenvalue weighted by molar-refractivity contribution is 0.0532. The Balaban J connectivity index is 1.82. The minimum Gasteiger partial charge on any atom is -0.490 e. The lowest BCUT2D eigenvalue weighted by Gasteiger charge is -2.21. The number of aryl methyl sites for hydroxylation is 2. The Bertz CT molecular complexity index is 1000. The van der Waals surface area contributed by atoms with Crippen LogP contribution in [0.25, 0.3) is 10.6 Å². The molecule has 1 unspecified atom stereocenters. The Morgan fingerprint density at radius 2 is 1.88 bits per heavy atom. The van der Waals surface area contributed by atoms with E-state index in [-0.39, 0.29) is 13.2 Å². The zero-order valence-electron chi connectivity index (χ0n) is 18.7. The van der Waals surface area contributed by atoms with Crippen LogP contribution in [0.5, 0.6) is 5.75 Å². The van der Waals surface area contributed by atoms with E-state index in [9.17, 15) is 5.11 Å². The number of hydrogen-bond donors (Lipinski definition) is 2. The average molecular weight is 476 g/mol.